The van der Waals surface area contributed by atoms with E-state index >= 15 is 0 Å². The molecule has 1 atom stereocenters. The Bertz CT molecular complexity index is 789. The quantitative estimate of drug-likeness (QED) is 0.785. The van der Waals surface area contributed by atoms with Crippen molar-refractivity contribution in [3.63, 3.8) is 0 Å². The lowest BCUT2D eigenvalue weighted by Gasteiger charge is -2.11. The Hall–Kier alpha value is -2.61. The van der Waals surface area contributed by atoms with Crippen molar-refractivity contribution in [2.24, 2.45) is 0 Å². The van der Waals surface area contributed by atoms with E-state index in [1.807, 2.05) is 23.6 Å². The molecule has 1 aromatic carbocycles. The van der Waals surface area contributed by atoms with Crippen molar-refractivity contribution in [2.75, 3.05) is 6.79 Å². The predicted molar refractivity (Wildman–Crippen MR) is 91.9 cm³/mol. The number of amides is 1. The number of aliphatic carboxylic acids is 1. The summed E-state index contributed by atoms with van der Waals surface area (Å²) >= 11 is 1.46. The number of benzene rings is 1. The van der Waals surface area contributed by atoms with E-state index in [1.165, 1.54) is 11.3 Å². The van der Waals surface area contributed by atoms with Crippen LogP contribution in [-0.4, -0.2) is 34.8 Å². The zero-order chi connectivity index (χ0) is 17.8. The maximum absolute atomic E-state index is 12.0. The summed E-state index contributed by atoms with van der Waals surface area (Å²) in [4.78, 5) is 27.1. The molecule has 1 aromatic heterocycles. The highest BCUT2D eigenvalue weighted by Gasteiger charge is 2.16. The number of nitrogens with one attached hydrogen (secondary N) is 1. The number of hydrogen-bond donors (Lipinski definition) is 2. The maximum Gasteiger partial charge on any atom is 0.303 e. The summed E-state index contributed by atoms with van der Waals surface area (Å²) in [7, 11) is 0. The molecule has 132 valence electrons. The van der Waals surface area contributed by atoms with Gasteiger partial charge in [-0.15, -0.1) is 11.3 Å². The van der Waals surface area contributed by atoms with Crippen LogP contribution in [0.5, 0.6) is 11.5 Å². The average Bonchev–Trinajstić information content (AvgIpc) is 3.20. The molecule has 0 saturated heterocycles. The Balaban J connectivity index is 1.58. The fraction of sp³-hybridized carbons (Fsp3) is 0.353. The Morgan fingerprint density at radius 1 is 1.36 bits per heavy atom. The molecule has 3 rings (SSSR count). The first-order valence-corrected chi connectivity index (χ1v) is 8.75. The third-order valence-corrected chi connectivity index (χ3v) is 4.65. The number of aromatic nitrogens is 1. The number of ether oxygens (including phenoxy) is 2. The molecule has 0 radical (unpaired) electrons. The van der Waals surface area contributed by atoms with E-state index in [2.05, 4.69) is 10.3 Å². The number of hydrogen-bond acceptors (Lipinski definition) is 6. The van der Waals surface area contributed by atoms with Gasteiger partial charge in [-0.05, 0) is 31.5 Å². The second kappa shape index (κ2) is 7.52. The Kier molecular flexibility index (Phi) is 5.18. The van der Waals surface area contributed by atoms with Crippen LogP contribution in [0.15, 0.2) is 23.6 Å². The minimum absolute atomic E-state index is 0.0341. The van der Waals surface area contributed by atoms with Gasteiger partial charge in [-0.25, -0.2) is 4.98 Å². The van der Waals surface area contributed by atoms with Gasteiger partial charge in [-0.1, -0.05) is 0 Å². The molecule has 1 amide bonds. The minimum Gasteiger partial charge on any atom is -0.481 e. The van der Waals surface area contributed by atoms with Crippen molar-refractivity contribution in [1.82, 2.24) is 10.3 Å². The first kappa shape index (κ1) is 17.2. The Morgan fingerprint density at radius 2 is 2.16 bits per heavy atom. The lowest BCUT2D eigenvalue weighted by atomic mass is 10.2. The van der Waals surface area contributed by atoms with Crippen LogP contribution >= 0.6 is 11.3 Å². The SMILES string of the molecule is CC(CCC(=O)O)NC(=O)Cc1csc(-c2ccc3c(c2)OCO3)n1. The molecule has 0 spiro atoms. The second-order valence-corrected chi connectivity index (χ2v) is 6.65. The van der Waals surface area contributed by atoms with Gasteiger partial charge in [0.05, 0.1) is 12.1 Å². The van der Waals surface area contributed by atoms with E-state index in [0.717, 1.165) is 16.3 Å². The van der Waals surface area contributed by atoms with E-state index in [9.17, 15) is 9.59 Å². The second-order valence-electron chi connectivity index (χ2n) is 5.79. The van der Waals surface area contributed by atoms with Gasteiger partial charge in [0.1, 0.15) is 5.01 Å². The zero-order valence-corrected chi connectivity index (χ0v) is 14.5. The number of rotatable bonds is 7. The predicted octanol–water partition coefficient (Wildman–Crippen LogP) is 2.45. The number of carbonyl (C=O) groups is 2. The standard InChI is InChI=1S/C17H18N2O5S/c1-10(2-5-16(21)22)18-15(20)7-12-8-25-17(19-12)11-3-4-13-14(6-11)24-9-23-13/h3-4,6,8,10H,2,5,7,9H2,1H3,(H,18,20)(H,21,22). The number of carbonyl (C=O) groups excluding carboxylic acids is 1. The van der Waals surface area contributed by atoms with E-state index in [4.69, 9.17) is 14.6 Å². The van der Waals surface area contributed by atoms with Gasteiger partial charge < -0.3 is 19.9 Å². The van der Waals surface area contributed by atoms with Gasteiger partial charge in [-0.2, -0.15) is 0 Å². The molecule has 8 heteroatoms. The van der Waals surface area contributed by atoms with Crippen LogP contribution in [0.4, 0.5) is 0 Å². The largest absolute Gasteiger partial charge is 0.481 e. The van der Waals surface area contributed by atoms with Gasteiger partial charge in [0.2, 0.25) is 12.7 Å². The van der Waals surface area contributed by atoms with Crippen molar-refractivity contribution in [3.8, 4) is 22.1 Å². The summed E-state index contributed by atoms with van der Waals surface area (Å²) in [6.07, 6.45) is 0.603. The van der Waals surface area contributed by atoms with Crippen LogP contribution in [0.25, 0.3) is 10.6 Å². The minimum atomic E-state index is -0.867. The van der Waals surface area contributed by atoms with Gasteiger partial charge in [0.15, 0.2) is 11.5 Å². The molecule has 1 unspecified atom stereocenters. The average molecular weight is 362 g/mol. The first-order chi connectivity index (χ1) is 12.0. The van der Waals surface area contributed by atoms with Crippen LogP contribution in [-0.2, 0) is 16.0 Å². The molecule has 1 aliphatic heterocycles. The van der Waals surface area contributed by atoms with Gasteiger partial charge in [0.25, 0.3) is 0 Å². The number of fused-ring (bicyclic) bond motifs is 1. The van der Waals surface area contributed by atoms with Crippen LogP contribution in [0, 0.1) is 0 Å². The smallest absolute Gasteiger partial charge is 0.303 e. The zero-order valence-electron chi connectivity index (χ0n) is 13.7. The lowest BCUT2D eigenvalue weighted by molar-refractivity contribution is -0.137. The fourth-order valence-corrected chi connectivity index (χ4v) is 3.27. The summed E-state index contributed by atoms with van der Waals surface area (Å²) in [6, 6.07) is 5.44. The number of thiazole rings is 1. The van der Waals surface area contributed by atoms with Crippen molar-refractivity contribution < 1.29 is 24.2 Å². The summed E-state index contributed by atoms with van der Waals surface area (Å²) in [6.45, 7) is 2.02. The van der Waals surface area contributed by atoms with Gasteiger partial charge >= 0.3 is 5.97 Å². The summed E-state index contributed by atoms with van der Waals surface area (Å²) in [5, 5.41) is 14.1. The van der Waals surface area contributed by atoms with Crippen molar-refractivity contribution in [1.29, 1.82) is 0 Å². The molecule has 0 fully saturated rings. The highest BCUT2D eigenvalue weighted by molar-refractivity contribution is 7.13. The molecule has 0 bridgehead atoms. The highest BCUT2D eigenvalue weighted by Crippen LogP contribution is 2.36. The molecule has 2 heterocycles. The Labute approximate surface area is 148 Å². The number of nitrogens with zero attached hydrogens (tertiary/aromatic N) is 1. The molecular formula is C17H18N2O5S. The lowest BCUT2D eigenvalue weighted by Crippen LogP contribution is -2.34. The van der Waals surface area contributed by atoms with Crippen molar-refractivity contribution in [3.05, 3.63) is 29.3 Å². The topological polar surface area (TPSA) is 97.8 Å². The van der Waals surface area contributed by atoms with Gasteiger partial charge in [-0.3, -0.25) is 9.59 Å². The van der Waals surface area contributed by atoms with Crippen LogP contribution < -0.4 is 14.8 Å². The molecule has 1 aliphatic rings. The third-order valence-electron chi connectivity index (χ3n) is 3.71. The summed E-state index contributed by atoms with van der Waals surface area (Å²) < 4.78 is 10.7. The van der Waals surface area contributed by atoms with Crippen LogP contribution in [0.3, 0.4) is 0 Å². The molecular weight excluding hydrogens is 344 g/mol. The van der Waals surface area contributed by atoms with Crippen molar-refractivity contribution >= 4 is 23.2 Å². The van der Waals surface area contributed by atoms with Gasteiger partial charge in [0, 0.05) is 23.4 Å². The number of carboxylic acid groups (broad SMARTS) is 1. The molecule has 7 nitrogen and oxygen atoms in total. The van der Waals surface area contributed by atoms with Crippen LogP contribution in [0.2, 0.25) is 0 Å². The third kappa shape index (κ3) is 4.48. The molecule has 0 saturated carbocycles. The van der Waals surface area contributed by atoms with E-state index in [-0.39, 0.29) is 31.6 Å². The normalized spacial score (nSPS) is 13.5. The van der Waals surface area contributed by atoms with E-state index < -0.39 is 5.97 Å². The highest BCUT2D eigenvalue weighted by atomic mass is 32.1. The maximum atomic E-state index is 12.0. The molecule has 2 N–H and O–H groups in total. The van der Waals surface area contributed by atoms with Crippen LogP contribution in [0.1, 0.15) is 25.5 Å². The Morgan fingerprint density at radius 3 is 2.96 bits per heavy atom. The molecule has 0 aliphatic carbocycles. The molecule has 25 heavy (non-hydrogen) atoms. The fourth-order valence-electron chi connectivity index (χ4n) is 2.45. The van der Waals surface area contributed by atoms with E-state index in [1.54, 1.807) is 6.92 Å². The first-order valence-electron chi connectivity index (χ1n) is 7.87. The van der Waals surface area contributed by atoms with E-state index in [0.29, 0.717) is 17.9 Å². The number of carboxylic acids is 1. The summed E-state index contributed by atoms with van der Waals surface area (Å²) in [5.74, 6) is 0.379. The summed E-state index contributed by atoms with van der Waals surface area (Å²) in [5.41, 5.74) is 1.59. The van der Waals surface area contributed by atoms with Crippen molar-refractivity contribution in [2.45, 2.75) is 32.2 Å². The monoisotopic (exact) mass is 362 g/mol. The molecule has 2 aromatic rings.